The van der Waals surface area contributed by atoms with Gasteiger partial charge in [0.2, 0.25) is 0 Å². The van der Waals surface area contributed by atoms with Gasteiger partial charge in [0.15, 0.2) is 0 Å². The fourth-order valence-electron chi connectivity index (χ4n) is 1.51. The largest absolute Gasteiger partial charge is 0.312 e. The van der Waals surface area contributed by atoms with Crippen LogP contribution in [-0.4, -0.2) is 0 Å². The normalized spacial score (nSPS) is 10.0. The summed E-state index contributed by atoms with van der Waals surface area (Å²) in [5.41, 5.74) is 4.76. The molecule has 0 radical (unpaired) electrons. The molecule has 0 aliphatic rings. The zero-order chi connectivity index (χ0) is 12.1. The van der Waals surface area contributed by atoms with Gasteiger partial charge in [-0.25, -0.2) is 0 Å². The SMILES string of the molecule is Cc1ccccc1NSNc1ccccc1C. The van der Waals surface area contributed by atoms with Gasteiger partial charge in [-0.15, -0.1) is 0 Å². The Morgan fingerprint density at radius 1 is 0.706 bits per heavy atom. The Labute approximate surface area is 107 Å². The molecular formula is C14H16N2S. The maximum atomic E-state index is 3.29. The van der Waals surface area contributed by atoms with Crippen LogP contribution in [0.4, 0.5) is 11.4 Å². The van der Waals surface area contributed by atoms with Crippen LogP contribution in [0.3, 0.4) is 0 Å². The summed E-state index contributed by atoms with van der Waals surface area (Å²) >= 11 is 1.49. The lowest BCUT2D eigenvalue weighted by atomic mass is 10.2. The Bertz CT molecular complexity index is 452. The fraction of sp³-hybridized carbons (Fsp3) is 0.143. The number of para-hydroxylation sites is 2. The van der Waals surface area contributed by atoms with E-state index in [0.717, 1.165) is 11.4 Å². The van der Waals surface area contributed by atoms with Gasteiger partial charge in [0.25, 0.3) is 0 Å². The van der Waals surface area contributed by atoms with Gasteiger partial charge < -0.3 is 9.44 Å². The molecular weight excluding hydrogens is 228 g/mol. The molecule has 0 atom stereocenters. The Kier molecular flexibility index (Phi) is 3.94. The van der Waals surface area contributed by atoms with Crippen molar-refractivity contribution in [2.45, 2.75) is 13.8 Å². The molecule has 0 amide bonds. The Balaban J connectivity index is 1.93. The Morgan fingerprint density at radius 2 is 1.12 bits per heavy atom. The van der Waals surface area contributed by atoms with E-state index in [1.807, 2.05) is 24.3 Å². The summed E-state index contributed by atoms with van der Waals surface area (Å²) < 4.78 is 6.59. The van der Waals surface area contributed by atoms with Crippen LogP contribution < -0.4 is 9.44 Å². The molecule has 0 saturated carbocycles. The van der Waals surface area contributed by atoms with E-state index < -0.39 is 0 Å². The molecule has 2 N–H and O–H groups in total. The van der Waals surface area contributed by atoms with Crippen molar-refractivity contribution in [1.82, 2.24) is 0 Å². The second-order valence-corrected chi connectivity index (χ2v) is 4.55. The molecule has 0 spiro atoms. The van der Waals surface area contributed by atoms with E-state index >= 15 is 0 Å². The van der Waals surface area contributed by atoms with E-state index in [2.05, 4.69) is 47.6 Å². The zero-order valence-corrected chi connectivity index (χ0v) is 10.8. The summed E-state index contributed by atoms with van der Waals surface area (Å²) in [6.45, 7) is 4.19. The summed E-state index contributed by atoms with van der Waals surface area (Å²) in [6, 6.07) is 16.5. The third-order valence-corrected chi connectivity index (χ3v) is 3.26. The molecule has 88 valence electrons. The third kappa shape index (κ3) is 3.17. The number of hydrogen-bond acceptors (Lipinski definition) is 3. The standard InChI is InChI=1S/C14H16N2S/c1-11-7-3-5-9-13(11)15-17-16-14-10-6-4-8-12(14)2/h3-10,15-16H,1-2H3. The first-order valence-electron chi connectivity index (χ1n) is 5.56. The average molecular weight is 244 g/mol. The first kappa shape index (κ1) is 11.9. The number of hydrogen-bond donors (Lipinski definition) is 2. The maximum absolute atomic E-state index is 3.29. The van der Waals surface area contributed by atoms with Crippen molar-refractivity contribution < 1.29 is 0 Å². The summed E-state index contributed by atoms with van der Waals surface area (Å²) in [6.07, 6.45) is 0. The number of aryl methyl sites for hydroxylation is 2. The lowest BCUT2D eigenvalue weighted by Crippen LogP contribution is -1.97. The molecule has 0 saturated heterocycles. The molecule has 2 aromatic carbocycles. The predicted octanol–water partition coefficient (Wildman–Crippen LogP) is 4.39. The minimum atomic E-state index is 1.14. The van der Waals surface area contributed by atoms with Crippen LogP contribution in [0.15, 0.2) is 48.5 Å². The van der Waals surface area contributed by atoms with E-state index in [9.17, 15) is 0 Å². The Hall–Kier alpha value is -1.61. The molecule has 2 aromatic rings. The predicted molar refractivity (Wildman–Crippen MR) is 77.2 cm³/mol. The quantitative estimate of drug-likeness (QED) is 0.780. The molecule has 0 aliphatic carbocycles. The van der Waals surface area contributed by atoms with Crippen molar-refractivity contribution in [1.29, 1.82) is 0 Å². The molecule has 0 fully saturated rings. The van der Waals surface area contributed by atoms with Gasteiger partial charge >= 0.3 is 0 Å². The van der Waals surface area contributed by atoms with Crippen molar-refractivity contribution in [2.24, 2.45) is 0 Å². The summed E-state index contributed by atoms with van der Waals surface area (Å²) in [5, 5.41) is 0. The van der Waals surface area contributed by atoms with Gasteiger partial charge in [-0.2, -0.15) is 0 Å². The number of nitrogens with one attached hydrogen (secondary N) is 2. The third-order valence-electron chi connectivity index (χ3n) is 2.61. The monoisotopic (exact) mass is 244 g/mol. The Morgan fingerprint density at radius 3 is 1.53 bits per heavy atom. The van der Waals surface area contributed by atoms with Gasteiger partial charge in [-0.1, -0.05) is 36.4 Å². The molecule has 2 rings (SSSR count). The summed E-state index contributed by atoms with van der Waals surface area (Å²) in [4.78, 5) is 0. The van der Waals surface area contributed by atoms with Crippen LogP contribution in [0.25, 0.3) is 0 Å². The highest BCUT2D eigenvalue weighted by Gasteiger charge is 1.98. The van der Waals surface area contributed by atoms with E-state index in [1.54, 1.807) is 0 Å². The van der Waals surface area contributed by atoms with Crippen LogP contribution in [0.2, 0.25) is 0 Å². The van der Waals surface area contributed by atoms with Crippen molar-refractivity contribution in [3.63, 3.8) is 0 Å². The lowest BCUT2D eigenvalue weighted by molar-refractivity contribution is 1.46. The molecule has 0 heterocycles. The van der Waals surface area contributed by atoms with Crippen LogP contribution in [0.5, 0.6) is 0 Å². The molecule has 17 heavy (non-hydrogen) atoms. The van der Waals surface area contributed by atoms with Crippen LogP contribution in [-0.2, 0) is 0 Å². The highest BCUT2D eigenvalue weighted by Crippen LogP contribution is 2.21. The van der Waals surface area contributed by atoms with E-state index in [1.165, 1.54) is 23.3 Å². The second-order valence-electron chi connectivity index (χ2n) is 3.94. The molecule has 0 unspecified atom stereocenters. The van der Waals surface area contributed by atoms with E-state index in [0.29, 0.717) is 0 Å². The molecule has 2 nitrogen and oxygen atoms in total. The number of benzene rings is 2. The van der Waals surface area contributed by atoms with Crippen molar-refractivity contribution in [2.75, 3.05) is 9.44 Å². The summed E-state index contributed by atoms with van der Waals surface area (Å²) in [5.74, 6) is 0. The average Bonchev–Trinajstić information content (AvgIpc) is 2.34. The van der Waals surface area contributed by atoms with Crippen LogP contribution in [0, 0.1) is 13.8 Å². The fourth-order valence-corrected chi connectivity index (χ4v) is 2.24. The van der Waals surface area contributed by atoms with E-state index in [4.69, 9.17) is 0 Å². The van der Waals surface area contributed by atoms with Crippen LogP contribution >= 0.6 is 12.1 Å². The van der Waals surface area contributed by atoms with Gasteiger partial charge in [-0.3, -0.25) is 0 Å². The van der Waals surface area contributed by atoms with Crippen molar-refractivity contribution in [3.8, 4) is 0 Å². The summed E-state index contributed by atoms with van der Waals surface area (Å²) in [7, 11) is 0. The van der Waals surface area contributed by atoms with E-state index in [-0.39, 0.29) is 0 Å². The minimum absolute atomic E-state index is 1.14. The topological polar surface area (TPSA) is 24.1 Å². The number of anilines is 2. The van der Waals surface area contributed by atoms with Gasteiger partial charge in [0.05, 0.1) is 12.1 Å². The molecule has 0 aromatic heterocycles. The highest BCUT2D eigenvalue weighted by atomic mass is 32.2. The van der Waals surface area contributed by atoms with Crippen LogP contribution in [0.1, 0.15) is 11.1 Å². The maximum Gasteiger partial charge on any atom is 0.0656 e. The smallest absolute Gasteiger partial charge is 0.0656 e. The minimum Gasteiger partial charge on any atom is -0.312 e. The first-order valence-corrected chi connectivity index (χ1v) is 6.38. The zero-order valence-electron chi connectivity index (χ0n) is 10.0. The molecule has 3 heteroatoms. The van der Waals surface area contributed by atoms with Gasteiger partial charge in [0.1, 0.15) is 0 Å². The lowest BCUT2D eigenvalue weighted by Gasteiger charge is -2.11. The van der Waals surface area contributed by atoms with Crippen molar-refractivity contribution in [3.05, 3.63) is 59.7 Å². The van der Waals surface area contributed by atoms with Crippen molar-refractivity contribution >= 4 is 23.5 Å². The van der Waals surface area contributed by atoms with Gasteiger partial charge in [0, 0.05) is 11.4 Å². The second kappa shape index (κ2) is 5.64. The first-order chi connectivity index (χ1) is 8.27. The van der Waals surface area contributed by atoms with Gasteiger partial charge in [-0.05, 0) is 37.1 Å². The number of rotatable bonds is 4. The molecule has 0 aliphatic heterocycles. The highest BCUT2D eigenvalue weighted by molar-refractivity contribution is 8.01. The molecule has 0 bridgehead atoms.